The molecule has 19 heavy (non-hydrogen) atoms. The monoisotopic (exact) mass is 280 g/mol. The zero-order chi connectivity index (χ0) is 13.7. The fraction of sp³-hybridized carbons (Fsp3) is 0.500. The number of aromatic amines is 1. The molecule has 2 rings (SSSR count). The van der Waals surface area contributed by atoms with Gasteiger partial charge in [-0.2, -0.15) is 5.10 Å². The Balaban J connectivity index is 1.92. The van der Waals surface area contributed by atoms with E-state index in [1.807, 2.05) is 18.2 Å². The molecule has 5 heteroatoms. The van der Waals surface area contributed by atoms with Crippen LogP contribution in [0.4, 0.5) is 5.82 Å². The molecule has 0 fully saturated rings. The number of aromatic nitrogens is 2. The van der Waals surface area contributed by atoms with Crippen LogP contribution >= 0.6 is 11.6 Å². The maximum atomic E-state index is 6.20. The van der Waals surface area contributed by atoms with E-state index in [0.717, 1.165) is 54.3 Å². The van der Waals surface area contributed by atoms with Crippen molar-refractivity contribution in [2.24, 2.45) is 0 Å². The van der Waals surface area contributed by atoms with Gasteiger partial charge in [0.15, 0.2) is 5.82 Å². The fourth-order valence-corrected chi connectivity index (χ4v) is 2.47. The first-order valence-electron chi connectivity index (χ1n) is 6.85. The van der Waals surface area contributed by atoms with Gasteiger partial charge in [0.2, 0.25) is 0 Å². The number of H-pyrrole nitrogens is 1. The van der Waals surface area contributed by atoms with Crippen molar-refractivity contribution < 1.29 is 0 Å². The molecule has 104 valence electrons. The Bertz CT molecular complexity index is 519. The highest BCUT2D eigenvalue weighted by Gasteiger charge is 2.08. The molecule has 0 saturated heterocycles. The van der Waals surface area contributed by atoms with Crippen molar-refractivity contribution in [3.8, 4) is 0 Å². The summed E-state index contributed by atoms with van der Waals surface area (Å²) in [5.74, 6) is 0.847. The lowest BCUT2D eigenvalue weighted by atomic mass is 10.2. The fourth-order valence-electron chi connectivity index (χ4n) is 2.21. The molecule has 0 amide bonds. The normalized spacial score (nSPS) is 11.4. The molecular weight excluding hydrogens is 260 g/mol. The van der Waals surface area contributed by atoms with Crippen molar-refractivity contribution in [3.05, 3.63) is 23.2 Å². The van der Waals surface area contributed by atoms with Crippen molar-refractivity contribution in [1.82, 2.24) is 15.1 Å². The van der Waals surface area contributed by atoms with E-state index in [4.69, 9.17) is 11.6 Å². The van der Waals surface area contributed by atoms with Crippen molar-refractivity contribution in [2.75, 3.05) is 31.5 Å². The highest BCUT2D eigenvalue weighted by Crippen LogP contribution is 2.27. The molecule has 1 aromatic heterocycles. The summed E-state index contributed by atoms with van der Waals surface area (Å²) in [7, 11) is 0. The molecule has 0 aliphatic heterocycles. The summed E-state index contributed by atoms with van der Waals surface area (Å²) >= 11 is 6.20. The summed E-state index contributed by atoms with van der Waals surface area (Å²) in [4.78, 5) is 2.41. The average Bonchev–Trinajstić information content (AvgIpc) is 2.84. The van der Waals surface area contributed by atoms with Gasteiger partial charge in [-0.05, 0) is 38.2 Å². The quantitative estimate of drug-likeness (QED) is 0.765. The van der Waals surface area contributed by atoms with E-state index in [1.165, 1.54) is 0 Å². The standard InChI is InChI=1S/C14H21ClN4/c1-3-19(4-2)10-6-9-16-14-13-11(15)7-5-8-12(13)17-18-14/h5,7-8H,3-4,6,9-10H2,1-2H3,(H2,16,17,18). The molecule has 2 aromatic rings. The zero-order valence-electron chi connectivity index (χ0n) is 11.5. The minimum Gasteiger partial charge on any atom is -0.368 e. The Kier molecular flexibility index (Phi) is 5.05. The predicted molar refractivity (Wildman–Crippen MR) is 82.0 cm³/mol. The Hall–Kier alpha value is -1.26. The van der Waals surface area contributed by atoms with Crippen LogP contribution in [0.15, 0.2) is 18.2 Å². The molecular formula is C14H21ClN4. The first-order valence-corrected chi connectivity index (χ1v) is 7.22. The number of hydrogen-bond donors (Lipinski definition) is 2. The average molecular weight is 281 g/mol. The summed E-state index contributed by atoms with van der Waals surface area (Å²) in [6, 6.07) is 5.79. The molecule has 0 spiro atoms. The number of fused-ring (bicyclic) bond motifs is 1. The van der Waals surface area contributed by atoms with Gasteiger partial charge in [-0.15, -0.1) is 0 Å². The second-order valence-electron chi connectivity index (χ2n) is 4.54. The lowest BCUT2D eigenvalue weighted by Crippen LogP contribution is -2.25. The number of benzene rings is 1. The Morgan fingerprint density at radius 3 is 2.84 bits per heavy atom. The summed E-state index contributed by atoms with van der Waals surface area (Å²) in [6.07, 6.45) is 1.10. The lowest BCUT2D eigenvalue weighted by molar-refractivity contribution is 0.303. The maximum Gasteiger partial charge on any atom is 0.157 e. The summed E-state index contributed by atoms with van der Waals surface area (Å²) in [5, 5.41) is 12.3. The molecule has 0 unspecified atom stereocenters. The van der Waals surface area contributed by atoms with Crippen LogP contribution in [0.1, 0.15) is 20.3 Å². The number of halogens is 1. The summed E-state index contributed by atoms with van der Waals surface area (Å²) < 4.78 is 0. The molecule has 0 aliphatic carbocycles. The topological polar surface area (TPSA) is 44.0 Å². The van der Waals surface area contributed by atoms with Crippen LogP contribution in [-0.2, 0) is 0 Å². The van der Waals surface area contributed by atoms with E-state index in [1.54, 1.807) is 0 Å². The lowest BCUT2D eigenvalue weighted by Gasteiger charge is -2.17. The van der Waals surface area contributed by atoms with Crippen LogP contribution in [0.2, 0.25) is 5.02 Å². The van der Waals surface area contributed by atoms with E-state index < -0.39 is 0 Å². The van der Waals surface area contributed by atoms with Gasteiger partial charge >= 0.3 is 0 Å². The van der Waals surface area contributed by atoms with E-state index in [0.29, 0.717) is 0 Å². The molecule has 0 saturated carbocycles. The van der Waals surface area contributed by atoms with Crippen LogP contribution < -0.4 is 5.32 Å². The van der Waals surface area contributed by atoms with Crippen LogP contribution in [-0.4, -0.2) is 41.3 Å². The second-order valence-corrected chi connectivity index (χ2v) is 4.95. The maximum absolute atomic E-state index is 6.20. The zero-order valence-corrected chi connectivity index (χ0v) is 12.3. The molecule has 1 heterocycles. The van der Waals surface area contributed by atoms with Gasteiger partial charge in [0.25, 0.3) is 0 Å². The van der Waals surface area contributed by atoms with E-state index >= 15 is 0 Å². The van der Waals surface area contributed by atoms with Gasteiger partial charge in [-0.25, -0.2) is 0 Å². The number of anilines is 1. The predicted octanol–water partition coefficient (Wildman–Crippen LogP) is 3.36. The minimum atomic E-state index is 0.734. The van der Waals surface area contributed by atoms with E-state index in [2.05, 4.69) is 34.3 Å². The van der Waals surface area contributed by atoms with Gasteiger partial charge in [-0.3, -0.25) is 5.10 Å². The highest BCUT2D eigenvalue weighted by atomic mass is 35.5. The molecule has 2 N–H and O–H groups in total. The van der Waals surface area contributed by atoms with Crippen molar-refractivity contribution in [3.63, 3.8) is 0 Å². The molecule has 0 radical (unpaired) electrons. The summed E-state index contributed by atoms with van der Waals surface area (Å²) in [5.41, 5.74) is 0.971. The number of nitrogens with one attached hydrogen (secondary N) is 2. The molecule has 4 nitrogen and oxygen atoms in total. The molecule has 0 bridgehead atoms. The first kappa shape index (κ1) is 14.2. The number of nitrogens with zero attached hydrogens (tertiary/aromatic N) is 2. The van der Waals surface area contributed by atoms with E-state index in [-0.39, 0.29) is 0 Å². The van der Waals surface area contributed by atoms with E-state index in [9.17, 15) is 0 Å². The Morgan fingerprint density at radius 1 is 1.32 bits per heavy atom. The van der Waals surface area contributed by atoms with Gasteiger partial charge in [0.05, 0.1) is 15.9 Å². The highest BCUT2D eigenvalue weighted by molar-refractivity contribution is 6.36. The smallest absolute Gasteiger partial charge is 0.157 e. The van der Waals surface area contributed by atoms with Crippen LogP contribution in [0.3, 0.4) is 0 Å². The third-order valence-electron chi connectivity index (χ3n) is 3.38. The van der Waals surface area contributed by atoms with Crippen molar-refractivity contribution in [2.45, 2.75) is 20.3 Å². The second kappa shape index (κ2) is 6.78. The third-order valence-corrected chi connectivity index (χ3v) is 3.69. The number of rotatable bonds is 7. The third kappa shape index (κ3) is 3.39. The number of hydrogen-bond acceptors (Lipinski definition) is 3. The molecule has 0 aliphatic rings. The largest absolute Gasteiger partial charge is 0.368 e. The van der Waals surface area contributed by atoms with Crippen LogP contribution in [0, 0.1) is 0 Å². The van der Waals surface area contributed by atoms with Gasteiger partial charge in [-0.1, -0.05) is 31.5 Å². The van der Waals surface area contributed by atoms with Crippen LogP contribution in [0.5, 0.6) is 0 Å². The molecule has 0 atom stereocenters. The van der Waals surface area contributed by atoms with Gasteiger partial charge in [0, 0.05) is 6.54 Å². The van der Waals surface area contributed by atoms with Gasteiger partial charge < -0.3 is 10.2 Å². The Labute approximate surface area is 119 Å². The summed E-state index contributed by atoms with van der Waals surface area (Å²) in [6.45, 7) is 8.61. The molecule has 1 aromatic carbocycles. The minimum absolute atomic E-state index is 0.734. The van der Waals surface area contributed by atoms with Crippen molar-refractivity contribution >= 4 is 28.3 Å². The Morgan fingerprint density at radius 2 is 2.11 bits per heavy atom. The van der Waals surface area contributed by atoms with Crippen LogP contribution in [0.25, 0.3) is 10.9 Å². The SMILES string of the molecule is CCN(CC)CCCNc1n[nH]c2cccc(Cl)c12. The first-order chi connectivity index (χ1) is 9.26. The van der Waals surface area contributed by atoms with Crippen molar-refractivity contribution in [1.29, 1.82) is 0 Å². The van der Waals surface area contributed by atoms with Gasteiger partial charge in [0.1, 0.15) is 0 Å².